The van der Waals surface area contributed by atoms with Crippen LogP contribution in [0.3, 0.4) is 0 Å². The first-order chi connectivity index (χ1) is 11.3. The zero-order valence-corrected chi connectivity index (χ0v) is 15.2. The van der Waals surface area contributed by atoms with Crippen molar-refractivity contribution in [3.8, 4) is 0 Å². The summed E-state index contributed by atoms with van der Waals surface area (Å²) in [4.78, 5) is 10.7. The molecule has 4 N–H and O–H groups in total. The predicted octanol–water partition coefficient (Wildman–Crippen LogP) is 2.57. The number of rotatable bonds is 12. The van der Waals surface area contributed by atoms with Crippen LogP contribution in [0, 0.1) is 0 Å². The fourth-order valence-electron chi connectivity index (χ4n) is 2.20. The summed E-state index contributed by atoms with van der Waals surface area (Å²) in [6.45, 7) is 0. The Morgan fingerprint density at radius 1 is 1.12 bits per heavy atom. The number of benzene rings is 1. The number of anilines is 1. The van der Waals surface area contributed by atoms with Crippen molar-refractivity contribution in [2.75, 3.05) is 16.4 Å². The van der Waals surface area contributed by atoms with Crippen LogP contribution in [-0.2, 0) is 21.2 Å². The number of alkyl halides is 1. The Kier molecular flexibility index (Phi) is 9.10. The number of halogens is 1. The van der Waals surface area contributed by atoms with Gasteiger partial charge in [-0.15, -0.1) is 11.6 Å². The van der Waals surface area contributed by atoms with Crippen LogP contribution in [0.5, 0.6) is 0 Å². The van der Waals surface area contributed by atoms with E-state index in [-0.39, 0.29) is 12.2 Å². The van der Waals surface area contributed by atoms with Crippen molar-refractivity contribution in [2.45, 2.75) is 44.6 Å². The van der Waals surface area contributed by atoms with E-state index in [4.69, 9.17) is 22.4 Å². The Bertz CT molecular complexity index is 605. The summed E-state index contributed by atoms with van der Waals surface area (Å²) in [6, 6.07) is 5.61. The molecule has 24 heavy (non-hydrogen) atoms. The molecule has 0 saturated heterocycles. The lowest BCUT2D eigenvalue weighted by molar-refractivity contribution is -0.138. The Labute approximate surface area is 148 Å². The first kappa shape index (κ1) is 20.7. The third-order valence-corrected chi connectivity index (χ3v) is 5.19. The topological polar surface area (TPSA) is 109 Å². The monoisotopic (exact) mass is 376 g/mol. The maximum atomic E-state index is 12.0. The van der Waals surface area contributed by atoms with E-state index in [1.165, 1.54) is 0 Å². The zero-order valence-electron chi connectivity index (χ0n) is 13.6. The summed E-state index contributed by atoms with van der Waals surface area (Å²) in [7, 11) is -3.37. The van der Waals surface area contributed by atoms with E-state index in [0.717, 1.165) is 31.2 Å². The van der Waals surface area contributed by atoms with Gasteiger partial charge >= 0.3 is 5.97 Å². The second-order valence-corrected chi connectivity index (χ2v) is 7.94. The molecule has 0 fully saturated rings. The van der Waals surface area contributed by atoms with Crippen LogP contribution in [0.1, 0.15) is 37.7 Å². The maximum absolute atomic E-state index is 12.0. The van der Waals surface area contributed by atoms with Crippen molar-refractivity contribution in [3.05, 3.63) is 29.8 Å². The molecule has 136 valence electrons. The number of aliphatic carboxylic acids is 1. The Morgan fingerprint density at radius 3 is 2.29 bits per heavy atom. The van der Waals surface area contributed by atoms with Gasteiger partial charge < -0.3 is 10.8 Å². The Morgan fingerprint density at radius 2 is 1.71 bits per heavy atom. The number of sulfonamides is 1. The van der Waals surface area contributed by atoms with Gasteiger partial charge in [-0.2, -0.15) is 0 Å². The van der Waals surface area contributed by atoms with Gasteiger partial charge in [0.25, 0.3) is 0 Å². The largest absolute Gasteiger partial charge is 0.480 e. The summed E-state index contributed by atoms with van der Waals surface area (Å²) >= 11 is 5.59. The van der Waals surface area contributed by atoms with Gasteiger partial charge in [-0.1, -0.05) is 31.4 Å². The highest BCUT2D eigenvalue weighted by Crippen LogP contribution is 2.14. The summed E-state index contributed by atoms with van der Waals surface area (Å²) in [6.07, 6.45) is 4.65. The number of carbonyl (C=O) groups is 1. The van der Waals surface area contributed by atoms with Crippen LogP contribution >= 0.6 is 11.6 Å². The van der Waals surface area contributed by atoms with Crippen LogP contribution in [0.25, 0.3) is 0 Å². The lowest BCUT2D eigenvalue weighted by Gasteiger charge is -2.10. The van der Waals surface area contributed by atoms with Crippen molar-refractivity contribution in [1.29, 1.82) is 0 Å². The van der Waals surface area contributed by atoms with Crippen LogP contribution in [-0.4, -0.2) is 37.2 Å². The first-order valence-electron chi connectivity index (χ1n) is 7.98. The molecular weight excluding hydrogens is 352 g/mol. The molecule has 0 amide bonds. The van der Waals surface area contributed by atoms with E-state index < -0.39 is 22.0 Å². The van der Waals surface area contributed by atoms with E-state index in [2.05, 4.69) is 4.72 Å². The molecule has 1 rings (SSSR count). The van der Waals surface area contributed by atoms with Gasteiger partial charge in [-0.3, -0.25) is 9.52 Å². The summed E-state index contributed by atoms with van der Waals surface area (Å²) < 4.78 is 26.5. The molecule has 8 heteroatoms. The highest BCUT2D eigenvalue weighted by molar-refractivity contribution is 7.92. The average molecular weight is 377 g/mol. The number of nitrogens with two attached hydrogens (primary N) is 1. The van der Waals surface area contributed by atoms with Crippen LogP contribution < -0.4 is 10.5 Å². The number of carboxylic acid groups (broad SMARTS) is 1. The summed E-state index contributed by atoms with van der Waals surface area (Å²) in [5.74, 6) is -0.335. The normalized spacial score (nSPS) is 12.8. The molecule has 0 aliphatic carbocycles. The van der Waals surface area contributed by atoms with E-state index in [9.17, 15) is 13.2 Å². The van der Waals surface area contributed by atoms with Crippen molar-refractivity contribution < 1.29 is 18.3 Å². The van der Waals surface area contributed by atoms with E-state index >= 15 is 0 Å². The van der Waals surface area contributed by atoms with Gasteiger partial charge in [0.05, 0.1) is 5.75 Å². The molecule has 6 nitrogen and oxygen atoms in total. The molecule has 0 heterocycles. The maximum Gasteiger partial charge on any atom is 0.320 e. The fraction of sp³-hybridized carbons (Fsp3) is 0.562. The summed E-state index contributed by atoms with van der Waals surface area (Å²) in [5, 5.41) is 8.78. The number of hydrogen-bond acceptors (Lipinski definition) is 4. The molecule has 0 saturated carbocycles. The lowest BCUT2D eigenvalue weighted by Crippen LogP contribution is -2.32. The van der Waals surface area contributed by atoms with Crippen molar-refractivity contribution in [2.24, 2.45) is 5.73 Å². The minimum Gasteiger partial charge on any atom is -0.480 e. The second-order valence-electron chi connectivity index (χ2n) is 5.72. The average Bonchev–Trinajstić information content (AvgIpc) is 2.52. The standard InChI is InChI=1S/C16H25ClN2O4S/c17-10-4-2-1-3-5-11-24(22,23)19-14-8-6-13(7-9-14)12-15(18)16(20)21/h6-9,15,19H,1-5,10-12,18H2,(H,20,21)/t15-/m0/s1. The van der Waals surface area contributed by atoms with Crippen molar-refractivity contribution >= 4 is 33.3 Å². The smallest absolute Gasteiger partial charge is 0.320 e. The van der Waals surface area contributed by atoms with Gasteiger partial charge in [0.2, 0.25) is 10.0 Å². The van der Waals surface area contributed by atoms with Crippen LogP contribution in [0.2, 0.25) is 0 Å². The molecule has 0 aromatic heterocycles. The van der Waals surface area contributed by atoms with Gasteiger partial charge in [-0.05, 0) is 37.0 Å². The molecule has 0 bridgehead atoms. The third kappa shape index (κ3) is 8.52. The Hall–Kier alpha value is -1.31. The minimum absolute atomic E-state index is 0.0829. The number of hydrogen-bond donors (Lipinski definition) is 3. The van der Waals surface area contributed by atoms with Crippen LogP contribution in [0.15, 0.2) is 24.3 Å². The molecule has 1 aromatic carbocycles. The molecular formula is C16H25ClN2O4S. The van der Waals surface area contributed by atoms with Crippen molar-refractivity contribution in [1.82, 2.24) is 0 Å². The molecule has 0 aliphatic rings. The van der Waals surface area contributed by atoms with Gasteiger partial charge in [0, 0.05) is 11.6 Å². The molecule has 0 radical (unpaired) electrons. The number of carboxylic acids is 1. The molecule has 0 unspecified atom stereocenters. The SMILES string of the molecule is N[C@@H](Cc1ccc(NS(=O)(=O)CCCCCCCCl)cc1)C(=O)O. The minimum atomic E-state index is -3.37. The lowest BCUT2D eigenvalue weighted by atomic mass is 10.1. The molecule has 1 aromatic rings. The van der Waals surface area contributed by atoms with Crippen LogP contribution in [0.4, 0.5) is 5.69 Å². The van der Waals surface area contributed by atoms with E-state index in [1.54, 1.807) is 24.3 Å². The molecule has 0 aliphatic heterocycles. The van der Waals surface area contributed by atoms with Gasteiger partial charge in [0.15, 0.2) is 0 Å². The fourth-order valence-corrected chi connectivity index (χ4v) is 3.57. The van der Waals surface area contributed by atoms with E-state index in [0.29, 0.717) is 18.0 Å². The third-order valence-electron chi connectivity index (χ3n) is 3.55. The quantitative estimate of drug-likeness (QED) is 0.383. The van der Waals surface area contributed by atoms with E-state index in [1.807, 2.05) is 0 Å². The number of nitrogens with one attached hydrogen (secondary N) is 1. The highest BCUT2D eigenvalue weighted by atomic mass is 35.5. The second kappa shape index (κ2) is 10.5. The van der Waals surface area contributed by atoms with Crippen molar-refractivity contribution in [3.63, 3.8) is 0 Å². The Balaban J connectivity index is 2.42. The highest BCUT2D eigenvalue weighted by Gasteiger charge is 2.13. The number of unbranched alkanes of at least 4 members (excludes halogenated alkanes) is 4. The van der Waals surface area contributed by atoms with Gasteiger partial charge in [0.1, 0.15) is 6.04 Å². The summed E-state index contributed by atoms with van der Waals surface area (Å²) in [5.41, 5.74) is 6.67. The predicted molar refractivity (Wildman–Crippen MR) is 97.0 cm³/mol. The van der Waals surface area contributed by atoms with Gasteiger partial charge in [-0.25, -0.2) is 8.42 Å². The first-order valence-corrected chi connectivity index (χ1v) is 10.2. The molecule has 1 atom stereocenters. The zero-order chi connectivity index (χ0) is 18.0. The molecule has 0 spiro atoms.